The first-order chi connectivity index (χ1) is 11.6. The third kappa shape index (κ3) is 2.36. The number of rotatable bonds is 3. The summed E-state index contributed by atoms with van der Waals surface area (Å²) in [5.74, 6) is -0.0768. The van der Waals surface area contributed by atoms with Crippen molar-refractivity contribution in [3.05, 3.63) is 60.7 Å². The van der Waals surface area contributed by atoms with Crippen molar-refractivity contribution >= 4 is 27.8 Å². The molecule has 0 atom stereocenters. The SMILES string of the molecule is O=C(O)Cn1c(-c2ccc3cc(O)ccc3c2)nc2ccccc21. The van der Waals surface area contributed by atoms with Gasteiger partial charge in [0.2, 0.25) is 0 Å². The van der Waals surface area contributed by atoms with Crippen molar-refractivity contribution in [1.82, 2.24) is 9.55 Å². The average molecular weight is 318 g/mol. The summed E-state index contributed by atoms with van der Waals surface area (Å²) in [5, 5.41) is 20.7. The highest BCUT2D eigenvalue weighted by Crippen LogP contribution is 2.29. The minimum atomic E-state index is -0.912. The fraction of sp³-hybridized carbons (Fsp3) is 0.0526. The molecule has 5 heteroatoms. The summed E-state index contributed by atoms with van der Waals surface area (Å²) in [4.78, 5) is 15.9. The number of hydrogen-bond acceptors (Lipinski definition) is 3. The number of phenols is 1. The third-order valence-corrected chi connectivity index (χ3v) is 4.03. The number of fused-ring (bicyclic) bond motifs is 2. The number of hydrogen-bond donors (Lipinski definition) is 2. The van der Waals surface area contributed by atoms with Crippen LogP contribution in [0.1, 0.15) is 0 Å². The van der Waals surface area contributed by atoms with E-state index in [1.165, 1.54) is 0 Å². The number of benzene rings is 3. The van der Waals surface area contributed by atoms with Crippen molar-refractivity contribution in [3.8, 4) is 17.1 Å². The lowest BCUT2D eigenvalue weighted by atomic mass is 10.1. The predicted molar refractivity (Wildman–Crippen MR) is 92.0 cm³/mol. The number of carboxylic acids is 1. The van der Waals surface area contributed by atoms with E-state index in [0.717, 1.165) is 27.4 Å². The van der Waals surface area contributed by atoms with Crippen LogP contribution in [0.3, 0.4) is 0 Å². The molecule has 0 unspecified atom stereocenters. The summed E-state index contributed by atoms with van der Waals surface area (Å²) in [7, 11) is 0. The smallest absolute Gasteiger partial charge is 0.323 e. The molecule has 1 aromatic heterocycles. The van der Waals surface area contributed by atoms with E-state index in [-0.39, 0.29) is 12.3 Å². The summed E-state index contributed by atoms with van der Waals surface area (Å²) >= 11 is 0. The monoisotopic (exact) mass is 318 g/mol. The second kappa shape index (κ2) is 5.38. The summed E-state index contributed by atoms with van der Waals surface area (Å²) in [6.45, 7) is -0.149. The Morgan fingerprint density at radius 2 is 1.75 bits per heavy atom. The Morgan fingerprint density at radius 1 is 1.00 bits per heavy atom. The minimum Gasteiger partial charge on any atom is -0.508 e. The molecule has 3 aromatic carbocycles. The number of carboxylic acid groups (broad SMARTS) is 1. The molecule has 0 radical (unpaired) electrons. The Morgan fingerprint density at radius 3 is 2.58 bits per heavy atom. The van der Waals surface area contributed by atoms with Crippen LogP contribution in [0.2, 0.25) is 0 Å². The maximum atomic E-state index is 11.3. The van der Waals surface area contributed by atoms with Crippen LogP contribution < -0.4 is 0 Å². The zero-order valence-corrected chi connectivity index (χ0v) is 12.7. The van der Waals surface area contributed by atoms with Crippen LogP contribution in [-0.2, 0) is 11.3 Å². The molecule has 118 valence electrons. The minimum absolute atomic E-state index is 0.149. The first-order valence-corrected chi connectivity index (χ1v) is 7.52. The highest BCUT2D eigenvalue weighted by molar-refractivity contribution is 5.89. The predicted octanol–water partition coefficient (Wildman–Crippen LogP) is 3.65. The van der Waals surface area contributed by atoms with Crippen molar-refractivity contribution in [2.45, 2.75) is 6.54 Å². The molecule has 1 heterocycles. The van der Waals surface area contributed by atoms with Crippen LogP contribution in [0.5, 0.6) is 5.75 Å². The van der Waals surface area contributed by atoms with Crippen molar-refractivity contribution in [1.29, 1.82) is 0 Å². The molecule has 24 heavy (non-hydrogen) atoms. The second-order valence-electron chi connectivity index (χ2n) is 5.65. The molecular weight excluding hydrogens is 304 g/mol. The highest BCUT2D eigenvalue weighted by atomic mass is 16.4. The van der Waals surface area contributed by atoms with Crippen molar-refractivity contribution in [3.63, 3.8) is 0 Å². The van der Waals surface area contributed by atoms with Gasteiger partial charge in [-0.3, -0.25) is 4.79 Å². The first kappa shape index (κ1) is 14.3. The van der Waals surface area contributed by atoms with Gasteiger partial charge in [0.05, 0.1) is 11.0 Å². The normalized spacial score (nSPS) is 11.2. The van der Waals surface area contributed by atoms with Gasteiger partial charge in [0.1, 0.15) is 18.1 Å². The first-order valence-electron chi connectivity index (χ1n) is 7.52. The van der Waals surface area contributed by atoms with Crippen molar-refractivity contribution in [2.75, 3.05) is 0 Å². The molecule has 0 saturated heterocycles. The average Bonchev–Trinajstić information content (AvgIpc) is 2.92. The topological polar surface area (TPSA) is 75.3 Å². The van der Waals surface area contributed by atoms with Gasteiger partial charge in [0.15, 0.2) is 0 Å². The van der Waals surface area contributed by atoms with Crippen LogP contribution in [-0.4, -0.2) is 25.7 Å². The highest BCUT2D eigenvalue weighted by Gasteiger charge is 2.15. The van der Waals surface area contributed by atoms with E-state index < -0.39 is 5.97 Å². The number of aromatic hydroxyl groups is 1. The number of para-hydroxylation sites is 2. The standard InChI is InChI=1S/C19H14N2O3/c22-15-8-7-12-9-14(6-5-13(12)10-15)19-20-16-3-1-2-4-17(16)21(19)11-18(23)24/h1-10,22H,11H2,(H,23,24). The largest absolute Gasteiger partial charge is 0.508 e. The molecular formula is C19H14N2O3. The second-order valence-corrected chi connectivity index (χ2v) is 5.65. The van der Waals surface area contributed by atoms with Crippen LogP contribution in [0.25, 0.3) is 33.2 Å². The lowest BCUT2D eigenvalue weighted by molar-refractivity contribution is -0.137. The lowest BCUT2D eigenvalue weighted by Gasteiger charge is -2.08. The maximum absolute atomic E-state index is 11.3. The fourth-order valence-corrected chi connectivity index (χ4v) is 2.96. The number of aliphatic carboxylic acids is 1. The number of imidazole rings is 1. The molecule has 0 amide bonds. The molecule has 4 rings (SSSR count). The van der Waals surface area contributed by atoms with Crippen molar-refractivity contribution < 1.29 is 15.0 Å². The van der Waals surface area contributed by atoms with Crippen LogP contribution in [0.15, 0.2) is 60.7 Å². The van der Waals surface area contributed by atoms with E-state index in [4.69, 9.17) is 0 Å². The molecule has 0 bridgehead atoms. The van der Waals surface area contributed by atoms with Gasteiger partial charge in [-0.25, -0.2) is 4.98 Å². The van der Waals surface area contributed by atoms with Gasteiger partial charge in [0.25, 0.3) is 0 Å². The molecule has 0 aliphatic heterocycles. The molecule has 0 fully saturated rings. The molecule has 4 aromatic rings. The van der Waals surface area contributed by atoms with Gasteiger partial charge >= 0.3 is 5.97 Å². The summed E-state index contributed by atoms with van der Waals surface area (Å²) in [6.07, 6.45) is 0. The van der Waals surface area contributed by atoms with Crippen LogP contribution in [0, 0.1) is 0 Å². The summed E-state index contributed by atoms with van der Waals surface area (Å²) in [5.41, 5.74) is 2.39. The zero-order chi connectivity index (χ0) is 16.7. The number of aromatic nitrogens is 2. The van der Waals surface area contributed by atoms with Gasteiger partial charge in [-0.05, 0) is 41.1 Å². The Kier molecular flexibility index (Phi) is 3.20. The Labute approximate surface area is 137 Å². The van der Waals surface area contributed by atoms with E-state index >= 15 is 0 Å². The van der Waals surface area contributed by atoms with Crippen molar-refractivity contribution in [2.24, 2.45) is 0 Å². The molecule has 5 nitrogen and oxygen atoms in total. The molecule has 2 N–H and O–H groups in total. The van der Waals surface area contributed by atoms with Crippen LogP contribution in [0.4, 0.5) is 0 Å². The van der Waals surface area contributed by atoms with E-state index in [1.54, 1.807) is 16.7 Å². The van der Waals surface area contributed by atoms with Gasteiger partial charge in [0, 0.05) is 5.56 Å². The van der Waals surface area contributed by atoms with E-state index in [9.17, 15) is 15.0 Å². The van der Waals surface area contributed by atoms with Gasteiger partial charge < -0.3 is 14.8 Å². The number of nitrogens with zero attached hydrogens (tertiary/aromatic N) is 2. The van der Waals surface area contributed by atoms with Crippen LogP contribution >= 0.6 is 0 Å². The Hall–Kier alpha value is -3.34. The van der Waals surface area contributed by atoms with E-state index in [0.29, 0.717) is 5.82 Å². The Balaban J connectivity index is 1.95. The fourth-order valence-electron chi connectivity index (χ4n) is 2.96. The molecule has 0 saturated carbocycles. The zero-order valence-electron chi connectivity index (χ0n) is 12.7. The third-order valence-electron chi connectivity index (χ3n) is 4.03. The van der Waals surface area contributed by atoms with E-state index in [2.05, 4.69) is 4.98 Å². The quantitative estimate of drug-likeness (QED) is 0.604. The number of phenolic OH excluding ortho intramolecular Hbond substituents is 1. The van der Waals surface area contributed by atoms with Gasteiger partial charge in [-0.2, -0.15) is 0 Å². The molecule has 0 aliphatic rings. The molecule has 0 spiro atoms. The number of carbonyl (C=O) groups is 1. The van der Waals surface area contributed by atoms with Gasteiger partial charge in [-0.15, -0.1) is 0 Å². The summed E-state index contributed by atoms with van der Waals surface area (Å²) < 4.78 is 1.71. The Bertz CT molecular complexity index is 1080. The summed E-state index contributed by atoms with van der Waals surface area (Å²) in [6, 6.07) is 18.4. The van der Waals surface area contributed by atoms with Gasteiger partial charge in [-0.1, -0.05) is 30.3 Å². The molecule has 0 aliphatic carbocycles. The lowest BCUT2D eigenvalue weighted by Crippen LogP contribution is -2.09. The van der Waals surface area contributed by atoms with E-state index in [1.807, 2.05) is 48.5 Å². The maximum Gasteiger partial charge on any atom is 0.323 e.